The summed E-state index contributed by atoms with van der Waals surface area (Å²) in [6, 6.07) is 3.57. The lowest BCUT2D eigenvalue weighted by molar-refractivity contribution is -0.155. The van der Waals surface area contributed by atoms with Gasteiger partial charge in [0.1, 0.15) is 5.82 Å². The number of fused-ring (bicyclic) bond motifs is 1. The van der Waals surface area contributed by atoms with E-state index in [1.807, 2.05) is 0 Å². The summed E-state index contributed by atoms with van der Waals surface area (Å²) in [6.07, 6.45) is 0. The van der Waals surface area contributed by atoms with Crippen LogP contribution in [0.15, 0.2) is 18.2 Å². The first kappa shape index (κ1) is 14.8. The molecule has 1 unspecified atom stereocenters. The molecule has 1 aliphatic rings. The molecule has 2 amide bonds. The van der Waals surface area contributed by atoms with Crippen molar-refractivity contribution in [1.82, 2.24) is 4.90 Å². The number of carbonyl (C=O) groups is 4. The third kappa shape index (κ3) is 2.54. The van der Waals surface area contributed by atoms with Crippen molar-refractivity contribution in [3.63, 3.8) is 0 Å². The van der Waals surface area contributed by atoms with E-state index in [2.05, 4.69) is 4.74 Å². The van der Waals surface area contributed by atoms with Crippen molar-refractivity contribution in [1.29, 1.82) is 0 Å². The Morgan fingerprint density at radius 3 is 2.57 bits per heavy atom. The molecule has 0 aliphatic carbocycles. The highest BCUT2D eigenvalue weighted by Crippen LogP contribution is 2.25. The summed E-state index contributed by atoms with van der Waals surface area (Å²) in [6.45, 7) is 0.959. The number of hydrogen-bond acceptors (Lipinski definition) is 5. The fourth-order valence-corrected chi connectivity index (χ4v) is 2.17. The van der Waals surface area contributed by atoms with Gasteiger partial charge in [0.2, 0.25) is 0 Å². The van der Waals surface area contributed by atoms with Gasteiger partial charge < -0.3 is 4.74 Å². The first-order valence-corrected chi connectivity index (χ1v) is 6.09. The van der Waals surface area contributed by atoms with E-state index in [1.54, 1.807) is 0 Å². The molecule has 0 N–H and O–H groups in total. The van der Waals surface area contributed by atoms with Crippen LogP contribution in [-0.2, 0) is 25.7 Å². The highest BCUT2D eigenvalue weighted by atomic mass is 19.1. The SMILES string of the molecule is COC(=O)C(C(C)=O)C(=O)N1Cc2ccc(F)cc2C1=O. The largest absolute Gasteiger partial charge is 0.468 e. The van der Waals surface area contributed by atoms with E-state index in [1.165, 1.54) is 12.1 Å². The molecule has 0 aromatic heterocycles. The monoisotopic (exact) mass is 293 g/mol. The number of methoxy groups -OCH3 is 1. The lowest BCUT2D eigenvalue weighted by atomic mass is 10.0. The van der Waals surface area contributed by atoms with E-state index in [0.717, 1.165) is 25.0 Å². The molecule has 1 atom stereocenters. The van der Waals surface area contributed by atoms with Gasteiger partial charge in [0, 0.05) is 5.56 Å². The minimum atomic E-state index is -1.68. The standard InChI is InChI=1S/C14H12FNO5/c1-7(17)11(14(20)21-2)13(19)16-6-8-3-4-9(15)5-10(8)12(16)18/h3-5,11H,6H2,1-2H3. The van der Waals surface area contributed by atoms with Crippen LogP contribution in [0.3, 0.4) is 0 Å². The summed E-state index contributed by atoms with van der Waals surface area (Å²) in [5.74, 6) is -5.73. The zero-order valence-electron chi connectivity index (χ0n) is 11.4. The van der Waals surface area contributed by atoms with Crippen LogP contribution >= 0.6 is 0 Å². The first-order valence-electron chi connectivity index (χ1n) is 6.09. The second kappa shape index (κ2) is 5.43. The zero-order chi connectivity index (χ0) is 15.7. The number of imide groups is 1. The minimum Gasteiger partial charge on any atom is -0.468 e. The number of carbonyl (C=O) groups excluding carboxylic acids is 4. The van der Waals surface area contributed by atoms with E-state index in [9.17, 15) is 23.6 Å². The van der Waals surface area contributed by atoms with E-state index in [-0.39, 0.29) is 12.1 Å². The molecule has 1 heterocycles. The molecular formula is C14H12FNO5. The second-order valence-corrected chi connectivity index (χ2v) is 4.60. The number of ether oxygens (including phenoxy) is 1. The van der Waals surface area contributed by atoms with Gasteiger partial charge in [0.15, 0.2) is 11.7 Å². The quantitative estimate of drug-likeness (QED) is 0.605. The van der Waals surface area contributed by atoms with Gasteiger partial charge >= 0.3 is 5.97 Å². The number of rotatable bonds is 3. The topological polar surface area (TPSA) is 80.8 Å². The smallest absolute Gasteiger partial charge is 0.325 e. The zero-order valence-corrected chi connectivity index (χ0v) is 11.4. The molecule has 0 fully saturated rings. The van der Waals surface area contributed by atoms with Gasteiger partial charge in [-0.1, -0.05) is 6.07 Å². The van der Waals surface area contributed by atoms with Gasteiger partial charge in [-0.2, -0.15) is 0 Å². The Kier molecular flexibility index (Phi) is 3.84. The molecule has 0 saturated carbocycles. The number of halogens is 1. The molecule has 2 rings (SSSR count). The number of Topliss-reactive ketones (excluding diaryl/α,β-unsaturated/α-hetero) is 1. The lowest BCUT2D eigenvalue weighted by Gasteiger charge is -2.18. The van der Waals surface area contributed by atoms with Crippen LogP contribution in [0.4, 0.5) is 4.39 Å². The third-order valence-corrected chi connectivity index (χ3v) is 3.23. The normalized spacial score (nSPS) is 14.6. The minimum absolute atomic E-state index is 0.0514. The maximum atomic E-state index is 13.1. The van der Waals surface area contributed by atoms with Crippen LogP contribution < -0.4 is 0 Å². The molecule has 1 aromatic rings. The predicted octanol–water partition coefficient (Wildman–Crippen LogP) is 0.686. The number of esters is 1. The van der Waals surface area contributed by atoms with Gasteiger partial charge in [-0.15, -0.1) is 0 Å². The lowest BCUT2D eigenvalue weighted by Crippen LogP contribution is -2.43. The molecule has 7 heteroatoms. The Morgan fingerprint density at radius 2 is 2.00 bits per heavy atom. The number of amides is 2. The molecule has 0 radical (unpaired) electrons. The molecule has 0 bridgehead atoms. The highest BCUT2D eigenvalue weighted by molar-refractivity contribution is 6.21. The summed E-state index contributed by atoms with van der Waals surface area (Å²) in [7, 11) is 1.04. The Balaban J connectivity index is 2.32. The molecule has 6 nitrogen and oxygen atoms in total. The second-order valence-electron chi connectivity index (χ2n) is 4.60. The fourth-order valence-electron chi connectivity index (χ4n) is 2.17. The molecule has 21 heavy (non-hydrogen) atoms. The van der Waals surface area contributed by atoms with E-state index < -0.39 is 35.3 Å². The third-order valence-electron chi connectivity index (χ3n) is 3.23. The van der Waals surface area contributed by atoms with Crippen molar-refractivity contribution in [2.45, 2.75) is 13.5 Å². The summed E-state index contributed by atoms with van der Waals surface area (Å²) in [4.78, 5) is 48.1. The van der Waals surface area contributed by atoms with Gasteiger partial charge in [-0.25, -0.2) is 4.39 Å². The van der Waals surface area contributed by atoms with Crippen LogP contribution in [0.25, 0.3) is 0 Å². The van der Waals surface area contributed by atoms with Gasteiger partial charge in [0.05, 0.1) is 13.7 Å². The molecule has 0 saturated heterocycles. The number of hydrogen-bond donors (Lipinski definition) is 0. The van der Waals surface area contributed by atoms with Crippen molar-refractivity contribution >= 4 is 23.6 Å². The summed E-state index contributed by atoms with van der Waals surface area (Å²) in [5.41, 5.74) is 0.512. The van der Waals surface area contributed by atoms with Crippen molar-refractivity contribution in [3.05, 3.63) is 35.1 Å². The Morgan fingerprint density at radius 1 is 1.33 bits per heavy atom. The Bertz CT molecular complexity index is 655. The van der Waals surface area contributed by atoms with Gasteiger partial charge in [0.25, 0.3) is 11.8 Å². The molecule has 110 valence electrons. The van der Waals surface area contributed by atoms with Crippen molar-refractivity contribution < 1.29 is 28.3 Å². The molecule has 0 spiro atoms. The molecule has 1 aromatic carbocycles. The van der Waals surface area contributed by atoms with Crippen LogP contribution in [-0.4, -0.2) is 35.6 Å². The average molecular weight is 293 g/mol. The maximum absolute atomic E-state index is 13.1. The van der Waals surface area contributed by atoms with Crippen LogP contribution in [0.2, 0.25) is 0 Å². The van der Waals surface area contributed by atoms with E-state index in [4.69, 9.17) is 0 Å². The van der Waals surface area contributed by atoms with Crippen LogP contribution in [0.1, 0.15) is 22.8 Å². The number of ketones is 1. The summed E-state index contributed by atoms with van der Waals surface area (Å²) in [5, 5.41) is 0. The number of benzene rings is 1. The highest BCUT2D eigenvalue weighted by Gasteiger charge is 2.41. The Labute approximate surface area is 119 Å². The van der Waals surface area contributed by atoms with Crippen molar-refractivity contribution in [2.75, 3.05) is 7.11 Å². The summed E-state index contributed by atoms with van der Waals surface area (Å²) < 4.78 is 17.6. The first-order chi connectivity index (χ1) is 9.86. The van der Waals surface area contributed by atoms with Crippen molar-refractivity contribution in [3.8, 4) is 0 Å². The predicted molar refractivity (Wildman–Crippen MR) is 67.5 cm³/mol. The average Bonchev–Trinajstić information content (AvgIpc) is 2.75. The molecule has 1 aliphatic heterocycles. The number of nitrogens with zero attached hydrogens (tertiary/aromatic N) is 1. The van der Waals surface area contributed by atoms with E-state index >= 15 is 0 Å². The Hall–Kier alpha value is -2.57. The van der Waals surface area contributed by atoms with Gasteiger partial charge in [-0.05, 0) is 24.6 Å². The van der Waals surface area contributed by atoms with Crippen LogP contribution in [0, 0.1) is 11.7 Å². The van der Waals surface area contributed by atoms with Crippen molar-refractivity contribution in [2.24, 2.45) is 5.92 Å². The van der Waals surface area contributed by atoms with E-state index in [0.29, 0.717) is 5.56 Å². The maximum Gasteiger partial charge on any atom is 0.325 e. The van der Waals surface area contributed by atoms with Gasteiger partial charge in [-0.3, -0.25) is 24.1 Å². The van der Waals surface area contributed by atoms with Crippen LogP contribution in [0.5, 0.6) is 0 Å². The fraction of sp³-hybridized carbons (Fsp3) is 0.286. The molecular weight excluding hydrogens is 281 g/mol. The summed E-state index contributed by atoms with van der Waals surface area (Å²) >= 11 is 0.